The molecule has 1 aromatic rings. The number of anilines is 1. The van der Waals surface area contributed by atoms with E-state index in [2.05, 4.69) is 15.5 Å². The van der Waals surface area contributed by atoms with Gasteiger partial charge in [0.2, 0.25) is 5.91 Å². The number of halogens is 2. The third-order valence-corrected chi connectivity index (χ3v) is 4.70. The van der Waals surface area contributed by atoms with Gasteiger partial charge < -0.3 is 15.0 Å². The summed E-state index contributed by atoms with van der Waals surface area (Å²) in [6, 6.07) is 7.10. The lowest BCUT2D eigenvalue weighted by Gasteiger charge is -2.20. The summed E-state index contributed by atoms with van der Waals surface area (Å²) in [5.41, 5.74) is 1.10. The second-order valence-electron chi connectivity index (χ2n) is 6.54. The Bertz CT molecular complexity index is 597. The van der Waals surface area contributed by atoms with E-state index in [4.69, 9.17) is 4.74 Å². The Morgan fingerprint density at radius 2 is 2.33 bits per heavy atom. The molecule has 2 heterocycles. The fraction of sp³-hybridized carbons (Fsp3) is 0.588. The fourth-order valence-electron chi connectivity index (χ4n) is 3.31. The Balaban J connectivity index is 1.47. The Morgan fingerprint density at radius 3 is 3.04 bits per heavy atom. The van der Waals surface area contributed by atoms with Crippen LogP contribution in [0.5, 0.6) is 5.75 Å². The maximum absolute atomic E-state index is 13.1. The lowest BCUT2D eigenvalue weighted by molar-refractivity contribution is -0.123. The zero-order chi connectivity index (χ0) is 17.2. The van der Waals surface area contributed by atoms with Gasteiger partial charge in [0, 0.05) is 37.8 Å². The summed E-state index contributed by atoms with van der Waals surface area (Å²) < 4.78 is 31.5. The van der Waals surface area contributed by atoms with E-state index in [-0.39, 0.29) is 5.91 Å². The van der Waals surface area contributed by atoms with E-state index in [1.54, 1.807) is 7.11 Å². The normalized spacial score (nSPS) is 25.7. The number of alkyl halides is 2. The highest BCUT2D eigenvalue weighted by atomic mass is 19.3. The molecule has 0 saturated carbocycles. The topological polar surface area (TPSA) is 53.6 Å². The number of benzene rings is 1. The summed E-state index contributed by atoms with van der Waals surface area (Å²) in [5.74, 6) is -1.97. The predicted molar refractivity (Wildman–Crippen MR) is 87.7 cm³/mol. The van der Waals surface area contributed by atoms with Crippen LogP contribution in [0, 0.1) is 5.92 Å². The Morgan fingerprint density at radius 1 is 1.50 bits per heavy atom. The van der Waals surface area contributed by atoms with E-state index >= 15 is 0 Å². The number of nitrogens with one attached hydrogen (secondary N) is 2. The lowest BCUT2D eigenvalue weighted by atomic mass is 10.1. The number of hydrogen-bond acceptors (Lipinski definition) is 4. The van der Waals surface area contributed by atoms with Crippen molar-refractivity contribution in [2.24, 2.45) is 5.92 Å². The first-order chi connectivity index (χ1) is 11.5. The molecule has 1 amide bonds. The molecule has 0 spiro atoms. The Kier molecular flexibility index (Phi) is 4.89. The molecule has 2 unspecified atom stereocenters. The van der Waals surface area contributed by atoms with Gasteiger partial charge in [-0.25, -0.2) is 8.78 Å². The second-order valence-corrected chi connectivity index (χ2v) is 6.54. The van der Waals surface area contributed by atoms with Crippen molar-refractivity contribution in [3.05, 3.63) is 24.3 Å². The summed E-state index contributed by atoms with van der Waals surface area (Å²) in [4.78, 5) is 14.2. The fourth-order valence-corrected chi connectivity index (χ4v) is 3.31. The average Bonchev–Trinajstić information content (AvgIpc) is 3.19. The van der Waals surface area contributed by atoms with Crippen molar-refractivity contribution in [1.82, 2.24) is 10.6 Å². The van der Waals surface area contributed by atoms with E-state index in [1.165, 1.54) is 0 Å². The van der Waals surface area contributed by atoms with Crippen molar-refractivity contribution in [1.29, 1.82) is 0 Å². The van der Waals surface area contributed by atoms with E-state index in [0.29, 0.717) is 12.5 Å². The van der Waals surface area contributed by atoms with Gasteiger partial charge in [-0.2, -0.15) is 0 Å². The number of nitrogens with zero attached hydrogens (tertiary/aromatic N) is 1. The minimum absolute atomic E-state index is 0.321. The van der Waals surface area contributed by atoms with Gasteiger partial charge in [-0.3, -0.25) is 10.1 Å². The van der Waals surface area contributed by atoms with Gasteiger partial charge in [0.1, 0.15) is 5.75 Å². The minimum Gasteiger partial charge on any atom is -0.497 e. The van der Waals surface area contributed by atoms with Crippen LogP contribution in [0.2, 0.25) is 0 Å². The molecule has 0 aliphatic carbocycles. The van der Waals surface area contributed by atoms with Gasteiger partial charge in [-0.1, -0.05) is 6.07 Å². The Labute approximate surface area is 140 Å². The first-order valence-electron chi connectivity index (χ1n) is 8.25. The summed E-state index contributed by atoms with van der Waals surface area (Å²) in [7, 11) is 1.64. The van der Waals surface area contributed by atoms with Crippen LogP contribution in [0.3, 0.4) is 0 Å². The van der Waals surface area contributed by atoms with Crippen LogP contribution in [-0.4, -0.2) is 51.2 Å². The first kappa shape index (κ1) is 17.0. The average molecular weight is 339 g/mol. The molecule has 3 rings (SSSR count). The zero-order valence-electron chi connectivity index (χ0n) is 13.7. The summed E-state index contributed by atoms with van der Waals surface area (Å²) in [6.45, 7) is 1.84. The molecule has 2 aliphatic rings. The smallest absolute Gasteiger partial charge is 0.262 e. The van der Waals surface area contributed by atoms with Crippen LogP contribution in [0.25, 0.3) is 0 Å². The number of carbonyl (C=O) groups is 1. The number of rotatable bonds is 5. The maximum Gasteiger partial charge on any atom is 0.262 e. The molecule has 5 nitrogen and oxygen atoms in total. The van der Waals surface area contributed by atoms with Crippen molar-refractivity contribution < 1.29 is 18.3 Å². The molecular weight excluding hydrogens is 316 g/mol. The molecule has 0 aromatic heterocycles. The van der Waals surface area contributed by atoms with Crippen molar-refractivity contribution >= 4 is 11.6 Å². The molecule has 2 aliphatic heterocycles. The van der Waals surface area contributed by atoms with E-state index < -0.39 is 24.9 Å². The van der Waals surface area contributed by atoms with Crippen LogP contribution < -0.4 is 20.3 Å². The van der Waals surface area contributed by atoms with Crippen molar-refractivity contribution in [2.75, 3.05) is 38.2 Å². The van der Waals surface area contributed by atoms with Crippen molar-refractivity contribution in [3.63, 3.8) is 0 Å². The highest BCUT2D eigenvalue weighted by Gasteiger charge is 2.42. The van der Waals surface area contributed by atoms with E-state index in [1.807, 2.05) is 24.3 Å². The SMILES string of the molecule is COc1cccc(N2CCC(CNC(=O)C3CC(F)(F)CN3)C2)c1. The molecular formula is C17H23F2N3O2. The van der Waals surface area contributed by atoms with Gasteiger partial charge in [0.05, 0.1) is 19.7 Å². The van der Waals surface area contributed by atoms with Gasteiger partial charge >= 0.3 is 0 Å². The molecule has 24 heavy (non-hydrogen) atoms. The van der Waals surface area contributed by atoms with Crippen LogP contribution in [0.15, 0.2) is 24.3 Å². The third-order valence-electron chi connectivity index (χ3n) is 4.70. The first-order valence-corrected chi connectivity index (χ1v) is 8.25. The highest BCUT2D eigenvalue weighted by Crippen LogP contribution is 2.27. The molecule has 2 saturated heterocycles. The molecule has 2 atom stereocenters. The predicted octanol–water partition coefficient (Wildman–Crippen LogP) is 1.63. The zero-order valence-corrected chi connectivity index (χ0v) is 13.7. The molecule has 0 radical (unpaired) electrons. The van der Waals surface area contributed by atoms with Crippen LogP contribution in [0.4, 0.5) is 14.5 Å². The highest BCUT2D eigenvalue weighted by molar-refractivity contribution is 5.82. The largest absolute Gasteiger partial charge is 0.497 e. The number of hydrogen-bond donors (Lipinski definition) is 2. The number of carbonyl (C=O) groups excluding carboxylic acids is 1. The molecule has 132 valence electrons. The quantitative estimate of drug-likeness (QED) is 0.856. The molecule has 2 N–H and O–H groups in total. The van der Waals surface area contributed by atoms with Gasteiger partial charge in [0.25, 0.3) is 5.92 Å². The van der Waals surface area contributed by atoms with Gasteiger partial charge in [0.15, 0.2) is 0 Å². The van der Waals surface area contributed by atoms with E-state index in [9.17, 15) is 13.6 Å². The number of ether oxygens (including phenoxy) is 1. The van der Waals surface area contributed by atoms with Crippen LogP contribution >= 0.6 is 0 Å². The summed E-state index contributed by atoms with van der Waals surface area (Å²) in [6.07, 6.45) is 0.547. The maximum atomic E-state index is 13.1. The molecule has 2 fully saturated rings. The number of amides is 1. The standard InChI is InChI=1S/C17H23F2N3O2/c1-24-14-4-2-3-13(7-14)22-6-5-12(10-22)9-20-16(23)15-8-17(18,19)11-21-15/h2-4,7,12,15,21H,5-6,8-11H2,1H3,(H,20,23). The summed E-state index contributed by atoms with van der Waals surface area (Å²) in [5, 5.41) is 5.40. The van der Waals surface area contributed by atoms with Gasteiger partial charge in [-0.15, -0.1) is 0 Å². The van der Waals surface area contributed by atoms with E-state index in [0.717, 1.165) is 30.9 Å². The van der Waals surface area contributed by atoms with Crippen LogP contribution in [0.1, 0.15) is 12.8 Å². The van der Waals surface area contributed by atoms with Crippen molar-refractivity contribution in [3.8, 4) is 5.75 Å². The minimum atomic E-state index is -2.78. The Hall–Kier alpha value is -1.89. The molecule has 1 aromatic carbocycles. The third kappa shape index (κ3) is 3.95. The molecule has 7 heteroatoms. The number of methoxy groups -OCH3 is 1. The van der Waals surface area contributed by atoms with Gasteiger partial charge in [-0.05, 0) is 24.5 Å². The monoisotopic (exact) mass is 339 g/mol. The van der Waals surface area contributed by atoms with Crippen LogP contribution in [-0.2, 0) is 4.79 Å². The summed E-state index contributed by atoms with van der Waals surface area (Å²) >= 11 is 0. The molecule has 0 bridgehead atoms. The second kappa shape index (κ2) is 6.93. The van der Waals surface area contributed by atoms with Crippen molar-refractivity contribution in [2.45, 2.75) is 24.8 Å². The lowest BCUT2D eigenvalue weighted by Crippen LogP contribution is -2.42.